The van der Waals surface area contributed by atoms with Gasteiger partial charge in [0.1, 0.15) is 5.75 Å². The second-order valence-corrected chi connectivity index (χ2v) is 5.44. The first-order valence-corrected chi connectivity index (χ1v) is 7.06. The molecular weight excluding hydrogens is 342 g/mol. The van der Waals surface area contributed by atoms with Crippen molar-refractivity contribution < 1.29 is 4.74 Å². The molecule has 0 saturated carbocycles. The SMILES string of the molecule is O=c1c(Br)c[nH]c2c(Oc3ccccc3)ccc(Cl)c12. The Morgan fingerprint density at radius 3 is 2.60 bits per heavy atom. The molecule has 2 aromatic carbocycles. The molecule has 1 N–H and O–H groups in total. The van der Waals surface area contributed by atoms with Gasteiger partial charge in [0, 0.05) is 6.20 Å². The Morgan fingerprint density at radius 2 is 1.85 bits per heavy atom. The normalized spacial score (nSPS) is 10.7. The summed E-state index contributed by atoms with van der Waals surface area (Å²) >= 11 is 9.31. The Bertz CT molecular complexity index is 830. The van der Waals surface area contributed by atoms with E-state index < -0.39 is 0 Å². The van der Waals surface area contributed by atoms with Crippen molar-refractivity contribution in [3.05, 3.63) is 68.4 Å². The Balaban J connectivity index is 2.21. The quantitative estimate of drug-likeness (QED) is 0.725. The highest BCUT2D eigenvalue weighted by Crippen LogP contribution is 2.31. The molecule has 0 aliphatic carbocycles. The summed E-state index contributed by atoms with van der Waals surface area (Å²) in [5.74, 6) is 1.25. The summed E-state index contributed by atoms with van der Waals surface area (Å²) in [6.45, 7) is 0. The van der Waals surface area contributed by atoms with Gasteiger partial charge in [-0.1, -0.05) is 29.8 Å². The third-order valence-electron chi connectivity index (χ3n) is 2.87. The molecule has 3 aromatic rings. The molecule has 0 aliphatic heterocycles. The second kappa shape index (κ2) is 5.31. The van der Waals surface area contributed by atoms with Gasteiger partial charge in [-0.15, -0.1) is 0 Å². The zero-order chi connectivity index (χ0) is 14.1. The van der Waals surface area contributed by atoms with Crippen LogP contribution in [0.1, 0.15) is 0 Å². The molecule has 20 heavy (non-hydrogen) atoms. The van der Waals surface area contributed by atoms with Crippen molar-refractivity contribution in [2.45, 2.75) is 0 Å². The van der Waals surface area contributed by atoms with Crippen LogP contribution in [0.2, 0.25) is 5.02 Å². The van der Waals surface area contributed by atoms with Gasteiger partial charge in [0.05, 0.1) is 20.4 Å². The summed E-state index contributed by atoms with van der Waals surface area (Å²) in [5.41, 5.74) is 0.414. The van der Waals surface area contributed by atoms with E-state index in [2.05, 4.69) is 20.9 Å². The number of benzene rings is 2. The Labute approximate surface area is 128 Å². The number of hydrogen-bond acceptors (Lipinski definition) is 2. The molecule has 0 amide bonds. The topological polar surface area (TPSA) is 42.1 Å². The number of rotatable bonds is 2. The third-order valence-corrected chi connectivity index (χ3v) is 3.78. The fourth-order valence-electron chi connectivity index (χ4n) is 1.94. The average Bonchev–Trinajstić information content (AvgIpc) is 2.46. The number of aromatic nitrogens is 1. The number of pyridine rings is 1. The molecule has 0 saturated heterocycles. The molecule has 100 valence electrons. The molecule has 0 aliphatic rings. The highest BCUT2D eigenvalue weighted by atomic mass is 79.9. The molecule has 1 heterocycles. The van der Waals surface area contributed by atoms with E-state index in [0.717, 1.165) is 0 Å². The Hall–Kier alpha value is -1.78. The lowest BCUT2D eigenvalue weighted by atomic mass is 10.2. The number of fused-ring (bicyclic) bond motifs is 1. The molecule has 0 bridgehead atoms. The standard InChI is InChI=1S/C15H9BrClNO2/c16-10-8-18-14-12(20-9-4-2-1-3-5-9)7-6-11(17)13(14)15(10)19/h1-8H,(H,18,19). The summed E-state index contributed by atoms with van der Waals surface area (Å²) in [4.78, 5) is 15.2. The van der Waals surface area contributed by atoms with E-state index in [9.17, 15) is 4.79 Å². The summed E-state index contributed by atoms with van der Waals surface area (Å²) in [7, 11) is 0. The molecule has 0 atom stereocenters. The predicted molar refractivity (Wildman–Crippen MR) is 83.8 cm³/mol. The fraction of sp³-hybridized carbons (Fsp3) is 0. The first kappa shape index (κ1) is 13.2. The lowest BCUT2D eigenvalue weighted by Gasteiger charge is -2.09. The maximum absolute atomic E-state index is 12.1. The smallest absolute Gasteiger partial charge is 0.205 e. The number of aromatic amines is 1. The first-order chi connectivity index (χ1) is 9.66. The second-order valence-electron chi connectivity index (χ2n) is 4.18. The minimum absolute atomic E-state index is 0.165. The van der Waals surface area contributed by atoms with E-state index in [1.165, 1.54) is 0 Å². The van der Waals surface area contributed by atoms with E-state index >= 15 is 0 Å². The van der Waals surface area contributed by atoms with Crippen LogP contribution in [0.5, 0.6) is 11.5 Å². The highest BCUT2D eigenvalue weighted by Gasteiger charge is 2.12. The van der Waals surface area contributed by atoms with Crippen LogP contribution in [-0.2, 0) is 0 Å². The van der Waals surface area contributed by atoms with Crippen LogP contribution in [0, 0.1) is 0 Å². The first-order valence-electron chi connectivity index (χ1n) is 5.89. The van der Waals surface area contributed by atoms with Crippen molar-refractivity contribution >= 4 is 38.4 Å². The molecule has 0 unspecified atom stereocenters. The van der Waals surface area contributed by atoms with Crippen LogP contribution in [0.4, 0.5) is 0 Å². The monoisotopic (exact) mass is 349 g/mol. The number of H-pyrrole nitrogens is 1. The zero-order valence-electron chi connectivity index (χ0n) is 10.2. The van der Waals surface area contributed by atoms with E-state index in [1.54, 1.807) is 18.3 Å². The van der Waals surface area contributed by atoms with Gasteiger partial charge in [-0.3, -0.25) is 4.79 Å². The Kier molecular flexibility index (Phi) is 3.51. The van der Waals surface area contributed by atoms with Crippen molar-refractivity contribution in [2.75, 3.05) is 0 Å². The van der Waals surface area contributed by atoms with Gasteiger partial charge < -0.3 is 9.72 Å². The van der Waals surface area contributed by atoms with Crippen LogP contribution in [0.3, 0.4) is 0 Å². The van der Waals surface area contributed by atoms with Gasteiger partial charge >= 0.3 is 0 Å². The minimum atomic E-state index is -0.165. The van der Waals surface area contributed by atoms with Gasteiger partial charge in [0.15, 0.2) is 5.75 Å². The Morgan fingerprint density at radius 1 is 1.10 bits per heavy atom. The van der Waals surface area contributed by atoms with E-state index in [1.807, 2.05) is 30.3 Å². The van der Waals surface area contributed by atoms with Crippen LogP contribution in [0.15, 0.2) is 57.9 Å². The van der Waals surface area contributed by atoms with E-state index in [0.29, 0.717) is 31.9 Å². The average molecular weight is 351 g/mol. The number of ether oxygens (including phenoxy) is 1. The molecule has 3 nitrogen and oxygen atoms in total. The van der Waals surface area contributed by atoms with Crippen LogP contribution < -0.4 is 10.2 Å². The summed E-state index contributed by atoms with van der Waals surface area (Å²) in [5, 5.41) is 0.803. The summed E-state index contributed by atoms with van der Waals surface area (Å²) in [6, 6.07) is 12.8. The van der Waals surface area contributed by atoms with E-state index in [-0.39, 0.29) is 5.43 Å². The third kappa shape index (κ3) is 2.32. The molecule has 3 rings (SSSR count). The predicted octanol–water partition coefficient (Wildman–Crippen LogP) is 4.74. The minimum Gasteiger partial charge on any atom is -0.455 e. The molecule has 5 heteroatoms. The lowest BCUT2D eigenvalue weighted by Crippen LogP contribution is -2.05. The summed E-state index contributed by atoms with van der Waals surface area (Å²) in [6.07, 6.45) is 1.58. The van der Waals surface area contributed by atoms with Gasteiger partial charge in [0.2, 0.25) is 5.43 Å². The van der Waals surface area contributed by atoms with Crippen molar-refractivity contribution in [2.24, 2.45) is 0 Å². The van der Waals surface area contributed by atoms with Crippen LogP contribution in [-0.4, -0.2) is 4.98 Å². The van der Waals surface area contributed by atoms with Crippen LogP contribution >= 0.6 is 27.5 Å². The number of halogens is 2. The maximum Gasteiger partial charge on any atom is 0.205 e. The van der Waals surface area contributed by atoms with Gasteiger partial charge in [-0.2, -0.15) is 0 Å². The fourth-order valence-corrected chi connectivity index (χ4v) is 2.50. The zero-order valence-corrected chi connectivity index (χ0v) is 12.5. The lowest BCUT2D eigenvalue weighted by molar-refractivity contribution is 0.487. The van der Waals surface area contributed by atoms with Crippen molar-refractivity contribution in [1.29, 1.82) is 0 Å². The largest absolute Gasteiger partial charge is 0.455 e. The molecule has 0 spiro atoms. The van der Waals surface area contributed by atoms with Crippen molar-refractivity contribution in [3.63, 3.8) is 0 Å². The van der Waals surface area contributed by atoms with Crippen LogP contribution in [0.25, 0.3) is 10.9 Å². The van der Waals surface area contributed by atoms with Crippen molar-refractivity contribution in [1.82, 2.24) is 4.98 Å². The van der Waals surface area contributed by atoms with Gasteiger partial charge in [-0.25, -0.2) is 0 Å². The van der Waals surface area contributed by atoms with Crippen molar-refractivity contribution in [3.8, 4) is 11.5 Å². The number of nitrogens with one attached hydrogen (secondary N) is 1. The maximum atomic E-state index is 12.1. The molecule has 0 radical (unpaired) electrons. The van der Waals surface area contributed by atoms with Gasteiger partial charge in [-0.05, 0) is 40.2 Å². The highest BCUT2D eigenvalue weighted by molar-refractivity contribution is 9.10. The molecule has 0 fully saturated rings. The molecule has 1 aromatic heterocycles. The number of para-hydroxylation sites is 1. The molecular formula is C15H9BrClNO2. The summed E-state index contributed by atoms with van der Waals surface area (Å²) < 4.78 is 6.23. The van der Waals surface area contributed by atoms with Gasteiger partial charge in [0.25, 0.3) is 0 Å². The number of hydrogen-bond donors (Lipinski definition) is 1. The van der Waals surface area contributed by atoms with E-state index in [4.69, 9.17) is 16.3 Å².